The number of pyridine rings is 1. The number of halogens is 2. The number of primary amides is 1. The van der Waals surface area contributed by atoms with Gasteiger partial charge in [0.15, 0.2) is 12.4 Å². The molecule has 0 atom stereocenters. The first-order valence-electron chi connectivity index (χ1n) is 5.64. The number of aromatic nitrogens is 1. The highest BCUT2D eigenvalue weighted by atomic mass is 79.9. The fourth-order valence-corrected chi connectivity index (χ4v) is 1.66. The molecule has 0 saturated carbocycles. The predicted molar refractivity (Wildman–Crippen MR) is 76.2 cm³/mol. The third-order valence-electron chi connectivity index (χ3n) is 2.64. The summed E-state index contributed by atoms with van der Waals surface area (Å²) in [4.78, 5) is 23.0. The zero-order valence-corrected chi connectivity index (χ0v) is 12.2. The second kappa shape index (κ2) is 6.91. The van der Waals surface area contributed by atoms with Crippen molar-refractivity contribution in [3.05, 3.63) is 65.7 Å². The third kappa shape index (κ3) is 3.96. The number of nitrogens with two attached hydrogens (primary N) is 1. The Bertz CT molecular complexity index is 629. The summed E-state index contributed by atoms with van der Waals surface area (Å²) in [6.07, 6.45) is 3.16. The van der Waals surface area contributed by atoms with Crippen molar-refractivity contribution in [2.24, 2.45) is 5.73 Å². The van der Waals surface area contributed by atoms with Gasteiger partial charge in [-0.1, -0.05) is 0 Å². The number of carbonyl (C=O) groups is 2. The second-order valence-electron chi connectivity index (χ2n) is 4.06. The van der Waals surface area contributed by atoms with Gasteiger partial charge in [0.1, 0.15) is 11.4 Å². The van der Waals surface area contributed by atoms with E-state index in [9.17, 15) is 14.0 Å². The number of Topliss-reactive ketones (excluding diaryl/α,β-unsaturated/α-hetero) is 1. The lowest BCUT2D eigenvalue weighted by molar-refractivity contribution is -0.683. The van der Waals surface area contributed by atoms with Crippen LogP contribution in [0.25, 0.3) is 0 Å². The van der Waals surface area contributed by atoms with Crippen LogP contribution in [0.1, 0.15) is 20.7 Å². The summed E-state index contributed by atoms with van der Waals surface area (Å²) >= 11 is 0. The van der Waals surface area contributed by atoms with Gasteiger partial charge in [-0.3, -0.25) is 9.59 Å². The highest BCUT2D eigenvalue weighted by Crippen LogP contribution is 2.04. The van der Waals surface area contributed by atoms with E-state index in [1.807, 2.05) is 0 Å². The first-order chi connectivity index (χ1) is 9.06. The lowest BCUT2D eigenvalue weighted by Crippen LogP contribution is -2.38. The molecule has 0 aliphatic carbocycles. The molecule has 2 rings (SSSR count). The van der Waals surface area contributed by atoms with Gasteiger partial charge in [-0.25, -0.2) is 4.39 Å². The van der Waals surface area contributed by atoms with Gasteiger partial charge in [0.2, 0.25) is 12.3 Å². The Morgan fingerprint density at radius 3 is 2.35 bits per heavy atom. The Morgan fingerprint density at radius 2 is 1.75 bits per heavy atom. The smallest absolute Gasteiger partial charge is 0.254 e. The average Bonchev–Trinajstić information content (AvgIpc) is 2.39. The van der Waals surface area contributed by atoms with Crippen molar-refractivity contribution in [1.29, 1.82) is 0 Å². The van der Waals surface area contributed by atoms with Crippen LogP contribution in [0.15, 0.2) is 48.8 Å². The van der Waals surface area contributed by atoms with Gasteiger partial charge in [-0.15, -0.1) is 17.0 Å². The minimum absolute atomic E-state index is 0. The van der Waals surface area contributed by atoms with Crippen LogP contribution >= 0.6 is 17.0 Å². The van der Waals surface area contributed by atoms with Gasteiger partial charge in [-0.2, -0.15) is 4.57 Å². The Kier molecular flexibility index (Phi) is 5.52. The van der Waals surface area contributed by atoms with E-state index in [2.05, 4.69) is 0 Å². The standard InChI is InChI=1S/C14H11FN2O2.BrH/c15-12-5-3-10(4-6-12)13(18)9-17-7-1-2-11(8-17)14(16)19;/h1-8H,9H2,(H-,16,19);1H/p+1. The second-order valence-corrected chi connectivity index (χ2v) is 4.06. The van der Waals surface area contributed by atoms with Gasteiger partial charge < -0.3 is 5.73 Å². The van der Waals surface area contributed by atoms with Crippen LogP contribution in [0, 0.1) is 5.82 Å². The zero-order valence-electron chi connectivity index (χ0n) is 10.5. The van der Waals surface area contributed by atoms with Gasteiger partial charge >= 0.3 is 0 Å². The first kappa shape index (κ1) is 16.0. The summed E-state index contributed by atoms with van der Waals surface area (Å²) in [6, 6.07) is 8.53. The molecule has 4 nitrogen and oxygen atoms in total. The number of nitrogens with zero attached hydrogens (tertiary/aromatic N) is 1. The Labute approximate surface area is 125 Å². The van der Waals surface area contributed by atoms with E-state index < -0.39 is 5.91 Å². The van der Waals surface area contributed by atoms with Crippen molar-refractivity contribution >= 4 is 28.7 Å². The van der Waals surface area contributed by atoms with E-state index in [4.69, 9.17) is 5.73 Å². The van der Waals surface area contributed by atoms with Crippen molar-refractivity contribution in [2.45, 2.75) is 6.54 Å². The quantitative estimate of drug-likeness (QED) is 0.680. The van der Waals surface area contributed by atoms with Crippen LogP contribution < -0.4 is 10.3 Å². The van der Waals surface area contributed by atoms with Gasteiger partial charge in [-0.05, 0) is 30.3 Å². The maximum atomic E-state index is 12.8. The van der Waals surface area contributed by atoms with Crippen LogP contribution in [-0.4, -0.2) is 11.7 Å². The zero-order chi connectivity index (χ0) is 13.8. The molecule has 0 aliphatic rings. The van der Waals surface area contributed by atoms with Crippen molar-refractivity contribution in [3.8, 4) is 0 Å². The van der Waals surface area contributed by atoms with Crippen LogP contribution in [0.2, 0.25) is 0 Å². The highest BCUT2D eigenvalue weighted by Gasteiger charge is 2.13. The summed E-state index contributed by atoms with van der Waals surface area (Å²) in [7, 11) is 0. The number of benzene rings is 1. The van der Waals surface area contributed by atoms with Crippen molar-refractivity contribution < 1.29 is 18.5 Å². The summed E-state index contributed by atoms with van der Waals surface area (Å²) in [6.45, 7) is 0.0623. The van der Waals surface area contributed by atoms with Crippen LogP contribution in [0.4, 0.5) is 4.39 Å². The number of rotatable bonds is 4. The molecule has 1 amide bonds. The average molecular weight is 340 g/mol. The number of ketones is 1. The molecule has 1 aromatic carbocycles. The van der Waals surface area contributed by atoms with Crippen LogP contribution in [0.3, 0.4) is 0 Å². The molecule has 6 heteroatoms. The van der Waals surface area contributed by atoms with Gasteiger partial charge in [0.25, 0.3) is 5.91 Å². The first-order valence-corrected chi connectivity index (χ1v) is 5.64. The maximum absolute atomic E-state index is 12.8. The van der Waals surface area contributed by atoms with E-state index in [1.165, 1.54) is 30.5 Å². The van der Waals surface area contributed by atoms with Crippen molar-refractivity contribution in [3.63, 3.8) is 0 Å². The molecule has 2 N–H and O–H groups in total. The molecule has 0 spiro atoms. The van der Waals surface area contributed by atoms with E-state index in [1.54, 1.807) is 22.9 Å². The lowest BCUT2D eigenvalue weighted by Gasteiger charge is -1.99. The molecule has 0 saturated heterocycles. The van der Waals surface area contributed by atoms with E-state index in [0.717, 1.165) is 0 Å². The molecule has 2 aromatic rings. The molecule has 1 aromatic heterocycles. The van der Waals surface area contributed by atoms with E-state index in [-0.39, 0.29) is 35.1 Å². The molecule has 20 heavy (non-hydrogen) atoms. The summed E-state index contributed by atoms with van der Waals surface area (Å²) in [5.74, 6) is -1.12. The topological polar surface area (TPSA) is 64.0 Å². The minimum atomic E-state index is -0.552. The largest absolute Gasteiger partial charge is 0.365 e. The van der Waals surface area contributed by atoms with E-state index in [0.29, 0.717) is 11.1 Å². The van der Waals surface area contributed by atoms with Gasteiger partial charge in [0.05, 0.1) is 0 Å². The third-order valence-corrected chi connectivity index (χ3v) is 2.64. The normalized spacial score (nSPS) is 9.65. The highest BCUT2D eigenvalue weighted by molar-refractivity contribution is 8.93. The molecule has 0 radical (unpaired) electrons. The molecule has 0 fully saturated rings. The van der Waals surface area contributed by atoms with Crippen LogP contribution in [0.5, 0.6) is 0 Å². The summed E-state index contributed by atoms with van der Waals surface area (Å²) in [5.41, 5.74) is 5.91. The predicted octanol–water partition coefficient (Wildman–Crippen LogP) is 1.67. The molecule has 0 unspecified atom stereocenters. The lowest BCUT2D eigenvalue weighted by atomic mass is 10.1. The molecule has 0 bridgehead atoms. The molecular formula is C14H13BrFN2O2+. The Morgan fingerprint density at radius 1 is 1.10 bits per heavy atom. The summed E-state index contributed by atoms with van der Waals surface area (Å²) in [5, 5.41) is 0. The number of hydrogen-bond acceptors (Lipinski definition) is 2. The summed E-state index contributed by atoms with van der Waals surface area (Å²) < 4.78 is 14.3. The fourth-order valence-electron chi connectivity index (χ4n) is 1.66. The molecule has 104 valence electrons. The molecular weight excluding hydrogens is 327 g/mol. The van der Waals surface area contributed by atoms with E-state index >= 15 is 0 Å². The maximum Gasteiger partial charge on any atom is 0.254 e. The number of hydrogen-bond donors (Lipinski definition) is 1. The Hall–Kier alpha value is -2.08. The fraction of sp³-hybridized carbons (Fsp3) is 0.0714. The molecule has 1 heterocycles. The monoisotopic (exact) mass is 339 g/mol. The van der Waals surface area contributed by atoms with Crippen molar-refractivity contribution in [1.82, 2.24) is 0 Å². The van der Waals surface area contributed by atoms with Crippen molar-refractivity contribution in [2.75, 3.05) is 0 Å². The van der Waals surface area contributed by atoms with Gasteiger partial charge in [0, 0.05) is 11.6 Å². The SMILES string of the molecule is Br.NC(=O)c1ccc[n+](CC(=O)c2ccc(F)cc2)c1. The van der Waals surface area contributed by atoms with Crippen LogP contribution in [-0.2, 0) is 6.54 Å². The minimum Gasteiger partial charge on any atom is -0.365 e. The number of carbonyl (C=O) groups excluding carboxylic acids is 2. The number of amides is 1. The molecule has 0 aliphatic heterocycles. The Balaban J connectivity index is 0.00000200.